The van der Waals surface area contributed by atoms with Crippen LogP contribution in [0.5, 0.6) is 5.75 Å². The molecule has 0 aliphatic carbocycles. The van der Waals surface area contributed by atoms with Gasteiger partial charge >= 0.3 is 12.3 Å². The lowest BCUT2D eigenvalue weighted by molar-refractivity contribution is -0.212. The minimum Gasteiger partial charge on any atom is -0.429 e. The fraction of sp³-hybridized carbons (Fsp3) is 0.294. The molecule has 5 rings (SSSR count). The van der Waals surface area contributed by atoms with Crippen LogP contribution in [0.2, 0.25) is 0 Å². The third-order valence-electron chi connectivity index (χ3n) is 7.35. The van der Waals surface area contributed by atoms with E-state index < -0.39 is 75.7 Å². The Morgan fingerprint density at radius 2 is 1.29 bits per heavy atom. The molecule has 4 nitrogen and oxygen atoms in total. The normalized spacial score (nSPS) is 17.1. The van der Waals surface area contributed by atoms with E-state index in [1.54, 1.807) is 0 Å². The number of halogens is 10. The molecule has 1 aliphatic rings. The Morgan fingerprint density at radius 1 is 0.688 bits per heavy atom. The summed E-state index contributed by atoms with van der Waals surface area (Å²) < 4.78 is 164. The number of hydrogen-bond donors (Lipinski definition) is 0. The first-order chi connectivity index (χ1) is 22.7. The smallest absolute Gasteiger partial charge is 0.429 e. The molecule has 0 radical (unpaired) electrons. The minimum atomic E-state index is -5.00. The van der Waals surface area contributed by atoms with Crippen molar-refractivity contribution in [2.45, 2.75) is 31.9 Å². The summed E-state index contributed by atoms with van der Waals surface area (Å²) in [7, 11) is 0. The Labute approximate surface area is 267 Å². The van der Waals surface area contributed by atoms with Crippen LogP contribution in [-0.4, -0.2) is 26.4 Å². The van der Waals surface area contributed by atoms with E-state index in [1.165, 1.54) is 12.1 Å². The van der Waals surface area contributed by atoms with E-state index in [1.807, 2.05) is 6.92 Å². The molecule has 1 saturated heterocycles. The van der Waals surface area contributed by atoms with Gasteiger partial charge in [-0.05, 0) is 60.0 Å². The zero-order valence-corrected chi connectivity index (χ0v) is 25.0. The summed E-state index contributed by atoms with van der Waals surface area (Å²) in [5.74, 6) is -8.46. The topological polar surface area (TPSA) is 36.9 Å². The Morgan fingerprint density at radius 3 is 1.88 bits per heavy atom. The lowest BCUT2D eigenvalue weighted by atomic mass is 10.00. The second-order valence-electron chi connectivity index (χ2n) is 10.9. The largest absolute Gasteiger partial charge is 0.432 e. The van der Waals surface area contributed by atoms with Crippen molar-refractivity contribution in [3.8, 4) is 28.0 Å². The molecule has 0 unspecified atom stereocenters. The third kappa shape index (κ3) is 7.77. The predicted molar refractivity (Wildman–Crippen MR) is 152 cm³/mol. The first-order valence-corrected chi connectivity index (χ1v) is 14.5. The van der Waals surface area contributed by atoms with Crippen molar-refractivity contribution in [1.82, 2.24) is 0 Å². The highest BCUT2D eigenvalue weighted by molar-refractivity contribution is 5.66. The Hall–Kier alpha value is -4.14. The van der Waals surface area contributed by atoms with E-state index in [0.29, 0.717) is 56.8 Å². The molecular formula is C34H26F10O4. The van der Waals surface area contributed by atoms with Crippen LogP contribution in [0.25, 0.3) is 22.3 Å². The van der Waals surface area contributed by atoms with E-state index in [4.69, 9.17) is 14.2 Å². The molecule has 1 fully saturated rings. The van der Waals surface area contributed by atoms with Gasteiger partial charge in [-0.2, -0.15) is 22.0 Å². The molecular weight excluding hydrogens is 662 g/mol. The average Bonchev–Trinajstić information content (AvgIpc) is 3.00. The molecule has 0 aromatic heterocycles. The third-order valence-corrected chi connectivity index (χ3v) is 7.35. The number of ether oxygens (including phenoxy) is 4. The lowest BCUT2D eigenvalue weighted by Gasteiger charge is -2.29. The molecule has 256 valence electrons. The van der Waals surface area contributed by atoms with Crippen molar-refractivity contribution in [2.75, 3.05) is 26.4 Å². The fourth-order valence-corrected chi connectivity index (χ4v) is 5.05. The monoisotopic (exact) mass is 688 g/mol. The summed E-state index contributed by atoms with van der Waals surface area (Å²) in [6.07, 6.45) is -9.76. The Bertz CT molecular complexity index is 1740. The SMILES string of the molecule is CCCOCC1COC(c2ccc(-c3cc(F)c(C(F)(F)Oc4ccc(-c5ccc(C(F)(F)F)c(F)c5)c(F)c4)c(F)c3)c(F)c2)OC1. The Balaban J connectivity index is 1.31. The summed E-state index contributed by atoms with van der Waals surface area (Å²) in [6, 6.07) is 8.11. The van der Waals surface area contributed by atoms with Gasteiger partial charge in [-0.1, -0.05) is 25.1 Å². The van der Waals surface area contributed by atoms with Crippen LogP contribution < -0.4 is 4.74 Å². The zero-order valence-electron chi connectivity index (χ0n) is 25.0. The summed E-state index contributed by atoms with van der Waals surface area (Å²) in [5.41, 5.74) is -4.69. The van der Waals surface area contributed by atoms with Gasteiger partial charge in [0.25, 0.3) is 0 Å². The standard InChI is InChI=1S/C34H26F10O4/c1-2-9-45-15-18-16-46-32(47-17-18)20-3-6-24(26(35)11-20)21-12-29(38)31(30(39)13-21)34(43,44)48-22-5-7-23(27(36)14-22)19-4-8-25(28(37)10-19)33(40,41)42/h3-8,10-14,18,32H,2,9,15-17H2,1H3. The second kappa shape index (κ2) is 14.1. The van der Waals surface area contributed by atoms with Crippen molar-refractivity contribution < 1.29 is 62.9 Å². The van der Waals surface area contributed by atoms with Crippen molar-refractivity contribution in [3.63, 3.8) is 0 Å². The van der Waals surface area contributed by atoms with E-state index in [0.717, 1.165) is 30.7 Å². The van der Waals surface area contributed by atoms with Crippen LogP contribution in [-0.2, 0) is 26.5 Å². The highest BCUT2D eigenvalue weighted by atomic mass is 19.4. The van der Waals surface area contributed by atoms with Crippen molar-refractivity contribution in [3.05, 3.63) is 113 Å². The molecule has 48 heavy (non-hydrogen) atoms. The van der Waals surface area contributed by atoms with Crippen LogP contribution in [0.15, 0.2) is 66.7 Å². The molecule has 4 aromatic rings. The van der Waals surface area contributed by atoms with Gasteiger partial charge in [0.2, 0.25) is 0 Å². The first kappa shape index (κ1) is 35.2. The van der Waals surface area contributed by atoms with Crippen LogP contribution >= 0.6 is 0 Å². The average molecular weight is 689 g/mol. The molecule has 1 aliphatic heterocycles. The highest BCUT2D eigenvalue weighted by Crippen LogP contribution is 2.40. The molecule has 0 saturated carbocycles. The first-order valence-electron chi connectivity index (χ1n) is 14.5. The minimum absolute atomic E-state index is 0.0134. The van der Waals surface area contributed by atoms with Gasteiger partial charge in [-0.3, -0.25) is 0 Å². The highest BCUT2D eigenvalue weighted by Gasteiger charge is 2.41. The molecule has 0 atom stereocenters. The Kier molecular flexibility index (Phi) is 10.4. The molecule has 0 bridgehead atoms. The summed E-state index contributed by atoms with van der Waals surface area (Å²) in [5, 5.41) is 0. The summed E-state index contributed by atoms with van der Waals surface area (Å²) in [4.78, 5) is 0. The number of benzene rings is 4. The van der Waals surface area contributed by atoms with Crippen LogP contribution in [0.3, 0.4) is 0 Å². The molecule has 14 heteroatoms. The fourth-order valence-electron chi connectivity index (χ4n) is 5.05. The number of alkyl halides is 5. The van der Waals surface area contributed by atoms with E-state index >= 15 is 22.0 Å². The van der Waals surface area contributed by atoms with Gasteiger partial charge in [0.1, 0.15) is 40.4 Å². The van der Waals surface area contributed by atoms with Gasteiger partial charge in [-0.25, -0.2) is 22.0 Å². The molecule has 1 heterocycles. The number of rotatable bonds is 10. The maximum atomic E-state index is 15.1. The van der Waals surface area contributed by atoms with E-state index in [-0.39, 0.29) is 22.6 Å². The van der Waals surface area contributed by atoms with Crippen LogP contribution in [0.4, 0.5) is 43.9 Å². The summed E-state index contributed by atoms with van der Waals surface area (Å²) >= 11 is 0. The van der Waals surface area contributed by atoms with Gasteiger partial charge in [0.05, 0.1) is 25.4 Å². The maximum Gasteiger partial charge on any atom is 0.432 e. The van der Waals surface area contributed by atoms with Gasteiger partial charge < -0.3 is 18.9 Å². The maximum absolute atomic E-state index is 15.1. The van der Waals surface area contributed by atoms with Crippen LogP contribution in [0, 0.1) is 35.0 Å². The van der Waals surface area contributed by atoms with Crippen molar-refractivity contribution in [2.24, 2.45) is 5.92 Å². The van der Waals surface area contributed by atoms with Crippen LogP contribution in [0.1, 0.15) is 36.3 Å². The zero-order chi connectivity index (χ0) is 34.8. The van der Waals surface area contributed by atoms with E-state index in [9.17, 15) is 22.0 Å². The molecule has 0 N–H and O–H groups in total. The quantitative estimate of drug-likeness (QED) is 0.123. The molecule has 4 aromatic carbocycles. The summed E-state index contributed by atoms with van der Waals surface area (Å²) in [6.45, 7) is 3.58. The lowest BCUT2D eigenvalue weighted by Crippen LogP contribution is -2.30. The van der Waals surface area contributed by atoms with Crippen molar-refractivity contribution in [1.29, 1.82) is 0 Å². The second-order valence-corrected chi connectivity index (χ2v) is 10.9. The predicted octanol–water partition coefficient (Wildman–Crippen LogP) is 9.95. The van der Waals surface area contributed by atoms with Gasteiger partial charge in [-0.15, -0.1) is 0 Å². The molecule has 0 spiro atoms. The van der Waals surface area contributed by atoms with E-state index in [2.05, 4.69) is 4.74 Å². The van der Waals surface area contributed by atoms with Gasteiger partial charge in [0, 0.05) is 35.3 Å². The van der Waals surface area contributed by atoms with Gasteiger partial charge in [0.15, 0.2) is 6.29 Å². The van der Waals surface area contributed by atoms with Crippen molar-refractivity contribution >= 4 is 0 Å². The molecule has 0 amide bonds. The number of hydrogen-bond acceptors (Lipinski definition) is 4.